The van der Waals surface area contributed by atoms with Crippen molar-refractivity contribution in [2.75, 3.05) is 5.32 Å². The number of aromatic nitrogens is 1. The third kappa shape index (κ3) is 5.35. The third-order valence-corrected chi connectivity index (χ3v) is 5.10. The van der Waals surface area contributed by atoms with Crippen LogP contribution in [-0.2, 0) is 0 Å². The van der Waals surface area contributed by atoms with Gasteiger partial charge in [-0.1, -0.05) is 35.9 Å². The third-order valence-electron chi connectivity index (χ3n) is 3.97. The van der Waals surface area contributed by atoms with Gasteiger partial charge >= 0.3 is 6.11 Å². The number of hydrogen-bond acceptors (Lipinski definition) is 7. The molecular weight excluding hydrogens is 469 g/mol. The first-order chi connectivity index (χ1) is 15.2. The van der Waals surface area contributed by atoms with E-state index in [1.165, 1.54) is 48.7 Å². The van der Waals surface area contributed by atoms with E-state index in [9.17, 15) is 28.5 Å². The Kier molecular flexibility index (Phi) is 6.97. The first-order valence-electron chi connectivity index (χ1n) is 8.73. The maximum atomic E-state index is 13.5. The number of halogens is 4. The quantitative estimate of drug-likeness (QED) is 0.178. The van der Waals surface area contributed by atoms with Crippen molar-refractivity contribution in [2.24, 2.45) is 0 Å². The van der Waals surface area contributed by atoms with Gasteiger partial charge in [0.05, 0.1) is 16.3 Å². The van der Waals surface area contributed by atoms with Gasteiger partial charge in [0.1, 0.15) is 22.4 Å². The fourth-order valence-electron chi connectivity index (χ4n) is 2.47. The molecule has 0 aliphatic carbocycles. The van der Waals surface area contributed by atoms with Crippen molar-refractivity contribution in [2.45, 2.75) is 11.7 Å². The lowest BCUT2D eigenvalue weighted by Crippen LogP contribution is -2.33. The molecule has 1 aromatic heterocycles. The number of non-ortho nitro benzene ring substituents is 1. The molecule has 0 aliphatic heterocycles. The largest absolute Gasteiger partial charge is 0.444 e. The van der Waals surface area contributed by atoms with Crippen LogP contribution in [0.1, 0.15) is 5.01 Å². The van der Waals surface area contributed by atoms with Gasteiger partial charge in [0.15, 0.2) is 0 Å². The number of ether oxygens (including phenoxy) is 1. The van der Waals surface area contributed by atoms with Crippen molar-refractivity contribution in [1.29, 1.82) is 5.26 Å². The smallest absolute Gasteiger partial charge is 0.427 e. The Labute approximate surface area is 188 Å². The molecule has 0 amide bonds. The van der Waals surface area contributed by atoms with Crippen LogP contribution in [0.4, 0.5) is 24.5 Å². The molecule has 1 unspecified atom stereocenters. The average Bonchev–Trinajstić information content (AvgIpc) is 3.25. The van der Waals surface area contributed by atoms with Crippen LogP contribution in [0.25, 0.3) is 16.8 Å². The predicted molar refractivity (Wildman–Crippen MR) is 114 cm³/mol. The van der Waals surface area contributed by atoms with E-state index in [1.807, 2.05) is 6.07 Å². The number of nitro groups is 1. The van der Waals surface area contributed by atoms with E-state index in [0.717, 1.165) is 11.3 Å². The summed E-state index contributed by atoms with van der Waals surface area (Å²) < 4.78 is 44.3. The van der Waals surface area contributed by atoms with E-state index in [2.05, 4.69) is 15.0 Å². The van der Waals surface area contributed by atoms with Gasteiger partial charge in [0.2, 0.25) is 0 Å². The van der Waals surface area contributed by atoms with Crippen molar-refractivity contribution in [1.82, 2.24) is 4.98 Å². The van der Waals surface area contributed by atoms with Gasteiger partial charge in [-0.25, -0.2) is 9.37 Å². The van der Waals surface area contributed by atoms with Crippen molar-refractivity contribution in [3.05, 3.63) is 75.2 Å². The van der Waals surface area contributed by atoms with Crippen LogP contribution in [-0.4, -0.2) is 21.6 Å². The monoisotopic (exact) mass is 480 g/mol. The van der Waals surface area contributed by atoms with Crippen LogP contribution in [0.5, 0.6) is 5.75 Å². The lowest BCUT2D eigenvalue weighted by molar-refractivity contribution is -0.384. The number of alkyl halides is 4. The first-order valence-corrected chi connectivity index (χ1v) is 10.0. The molecular formula is C20H12ClF3N4O3S. The molecule has 0 bridgehead atoms. The zero-order chi connectivity index (χ0) is 23.3. The molecule has 1 heterocycles. The van der Waals surface area contributed by atoms with Crippen LogP contribution in [0.2, 0.25) is 0 Å². The highest BCUT2D eigenvalue weighted by Gasteiger charge is 2.42. The Hall–Kier alpha value is -3.62. The van der Waals surface area contributed by atoms with Gasteiger partial charge < -0.3 is 10.1 Å². The molecule has 0 saturated carbocycles. The van der Waals surface area contributed by atoms with E-state index in [-0.39, 0.29) is 27.7 Å². The Bertz CT molecular complexity index is 1210. The Balaban J connectivity index is 1.84. The maximum Gasteiger partial charge on any atom is 0.444 e. The molecule has 0 fully saturated rings. The predicted octanol–water partition coefficient (Wildman–Crippen LogP) is 6.20. The summed E-state index contributed by atoms with van der Waals surface area (Å²) in [4.78, 5) is 14.7. The van der Waals surface area contributed by atoms with Crippen LogP contribution < -0.4 is 10.1 Å². The minimum atomic E-state index is -4.26. The summed E-state index contributed by atoms with van der Waals surface area (Å²) in [6.07, 6.45) is -3.03. The number of nitrogens with zero attached hydrogens (tertiary/aromatic N) is 3. The molecule has 0 radical (unpaired) electrons. The topological polar surface area (TPSA) is 101 Å². The maximum absolute atomic E-state index is 13.5. The van der Waals surface area contributed by atoms with E-state index in [4.69, 9.17) is 11.6 Å². The van der Waals surface area contributed by atoms with Gasteiger partial charge in [-0.05, 0) is 12.1 Å². The molecule has 3 rings (SSSR count). The van der Waals surface area contributed by atoms with Crippen LogP contribution in [0.15, 0.2) is 60.1 Å². The number of para-hydroxylation sites is 2. The van der Waals surface area contributed by atoms with Gasteiger partial charge in [0.25, 0.3) is 11.3 Å². The second kappa shape index (κ2) is 9.67. The van der Waals surface area contributed by atoms with Crippen molar-refractivity contribution in [3.63, 3.8) is 0 Å². The molecule has 1 atom stereocenters. The fourth-order valence-corrected chi connectivity index (χ4v) is 3.31. The summed E-state index contributed by atoms with van der Waals surface area (Å²) >= 11 is 5.93. The summed E-state index contributed by atoms with van der Waals surface area (Å²) in [5.41, 5.74) is -2.13. The molecule has 1 N–H and O–H groups in total. The summed E-state index contributed by atoms with van der Waals surface area (Å²) in [6, 6.07) is 13.3. The summed E-state index contributed by atoms with van der Waals surface area (Å²) in [6.45, 7) is 0. The summed E-state index contributed by atoms with van der Waals surface area (Å²) in [5, 5.41) is 25.0. The van der Waals surface area contributed by atoms with Gasteiger partial charge in [0, 0.05) is 29.3 Å². The van der Waals surface area contributed by atoms with Crippen molar-refractivity contribution in [3.8, 4) is 23.1 Å². The van der Waals surface area contributed by atoms with Crippen LogP contribution in [0.3, 0.4) is 0 Å². The highest BCUT2D eigenvalue weighted by molar-refractivity contribution is 7.11. The second-order valence-corrected chi connectivity index (χ2v) is 7.36. The summed E-state index contributed by atoms with van der Waals surface area (Å²) in [7, 11) is 0. The highest BCUT2D eigenvalue weighted by atomic mass is 35.5. The van der Waals surface area contributed by atoms with Crippen LogP contribution in [0, 0.1) is 21.4 Å². The molecule has 3 aromatic rings. The Morgan fingerprint density at radius 1 is 1.34 bits per heavy atom. The minimum Gasteiger partial charge on any atom is -0.427 e. The van der Waals surface area contributed by atoms with E-state index < -0.39 is 16.7 Å². The van der Waals surface area contributed by atoms with Crippen LogP contribution >= 0.6 is 22.9 Å². The molecule has 32 heavy (non-hydrogen) atoms. The number of thiazole rings is 1. The van der Waals surface area contributed by atoms with Gasteiger partial charge in [-0.3, -0.25) is 10.1 Å². The highest BCUT2D eigenvalue weighted by Crippen LogP contribution is 2.34. The normalized spacial score (nSPS) is 12.7. The fraction of sp³-hybridized carbons (Fsp3) is 0.100. The molecule has 0 spiro atoms. The Morgan fingerprint density at radius 2 is 2.09 bits per heavy atom. The number of hydrogen-bond donors (Lipinski definition) is 1. The van der Waals surface area contributed by atoms with E-state index in [1.54, 1.807) is 11.4 Å². The Morgan fingerprint density at radius 3 is 2.78 bits per heavy atom. The molecule has 0 saturated heterocycles. The van der Waals surface area contributed by atoms with E-state index in [0.29, 0.717) is 11.3 Å². The van der Waals surface area contributed by atoms with E-state index >= 15 is 0 Å². The van der Waals surface area contributed by atoms with Crippen molar-refractivity contribution >= 4 is 39.9 Å². The van der Waals surface area contributed by atoms with Gasteiger partial charge in [-0.2, -0.15) is 14.0 Å². The molecule has 7 nitrogen and oxygen atoms in total. The lowest BCUT2D eigenvalue weighted by Gasteiger charge is -2.19. The average molecular weight is 481 g/mol. The number of nitrogens with one attached hydrogen (secondary N) is 1. The SMILES string of the molecule is N#C/C(=C\Nc1ccccc1OC(F)(F)C(F)Cl)c1nc(-c2cccc([N+](=O)[O-])c2)cs1. The zero-order valence-corrected chi connectivity index (χ0v) is 17.4. The number of nitriles is 1. The molecule has 12 heteroatoms. The summed E-state index contributed by atoms with van der Waals surface area (Å²) in [5.74, 6) is -0.384. The molecule has 164 valence electrons. The zero-order valence-electron chi connectivity index (χ0n) is 15.8. The first kappa shape index (κ1) is 23.1. The number of benzene rings is 2. The number of allylic oxidation sites excluding steroid dienone is 1. The van der Waals surface area contributed by atoms with Crippen molar-refractivity contribution < 1.29 is 22.8 Å². The second-order valence-electron chi connectivity index (χ2n) is 6.12. The lowest BCUT2D eigenvalue weighted by atomic mass is 10.1. The molecule has 2 aromatic carbocycles. The standard InChI is InChI=1S/C20H12ClF3N4O3S/c21-19(22)20(23,24)31-17-7-2-1-6-15(17)26-10-13(9-25)18-27-16(11-32-18)12-4-3-5-14(8-12)28(29)30/h1-8,10-11,19,26H/b13-10+. The van der Waals surface area contributed by atoms with Gasteiger partial charge in [-0.15, -0.1) is 11.3 Å². The minimum absolute atomic E-state index is 0.0349. The number of nitro benzene ring substituents is 1. The molecule has 0 aliphatic rings. The number of rotatable bonds is 8. The number of anilines is 1.